The van der Waals surface area contributed by atoms with Gasteiger partial charge in [-0.25, -0.2) is 4.79 Å². The number of hydrogen-bond donors (Lipinski definition) is 2. The molecule has 3 N–H and O–H groups in total. The zero-order valence-electron chi connectivity index (χ0n) is 6.47. The van der Waals surface area contributed by atoms with Crippen molar-refractivity contribution >= 4 is 27.6 Å². The zero-order valence-corrected chi connectivity index (χ0v) is 8.05. The minimum absolute atomic E-state index is 0.201. The lowest BCUT2D eigenvalue weighted by Gasteiger charge is -2.03. The summed E-state index contributed by atoms with van der Waals surface area (Å²) in [4.78, 5) is 10.6. The molecule has 64 valence electrons. The second-order valence-electron chi connectivity index (χ2n) is 2.52. The number of carboxylic acids is 1. The number of nitrogens with two attached hydrogens (primary N) is 1. The number of carbonyl (C=O) groups is 1. The molecule has 0 heterocycles. The average molecular weight is 230 g/mol. The molecule has 0 aliphatic rings. The third-order valence-electron chi connectivity index (χ3n) is 1.48. The molecule has 0 spiro atoms. The lowest BCUT2D eigenvalue weighted by atomic mass is 10.1. The number of benzene rings is 1. The van der Waals surface area contributed by atoms with Gasteiger partial charge in [0.15, 0.2) is 0 Å². The number of nitrogen functional groups attached to an aromatic ring is 1. The average Bonchev–Trinajstić information content (AvgIpc) is 1.96. The highest BCUT2D eigenvalue weighted by Gasteiger charge is 2.10. The number of rotatable bonds is 1. The van der Waals surface area contributed by atoms with Gasteiger partial charge in [0.1, 0.15) is 0 Å². The van der Waals surface area contributed by atoms with Crippen LogP contribution in [0.2, 0.25) is 0 Å². The van der Waals surface area contributed by atoms with Crippen molar-refractivity contribution in [2.75, 3.05) is 5.73 Å². The molecule has 1 aromatic carbocycles. The van der Waals surface area contributed by atoms with Crippen LogP contribution in [0.25, 0.3) is 0 Å². The highest BCUT2D eigenvalue weighted by molar-refractivity contribution is 9.10. The lowest BCUT2D eigenvalue weighted by Crippen LogP contribution is -2.01. The molecule has 3 nitrogen and oxygen atoms in total. The van der Waals surface area contributed by atoms with E-state index >= 15 is 0 Å². The number of aromatic carboxylic acids is 1. The van der Waals surface area contributed by atoms with Crippen LogP contribution in [0.4, 0.5) is 5.69 Å². The van der Waals surface area contributed by atoms with E-state index in [-0.39, 0.29) is 5.56 Å². The Bertz CT molecular complexity index is 336. The van der Waals surface area contributed by atoms with Gasteiger partial charge in [-0.1, -0.05) is 0 Å². The van der Waals surface area contributed by atoms with E-state index in [4.69, 9.17) is 10.8 Å². The molecule has 0 saturated heterocycles. The van der Waals surface area contributed by atoms with E-state index in [1.165, 1.54) is 0 Å². The van der Waals surface area contributed by atoms with E-state index in [2.05, 4.69) is 15.9 Å². The van der Waals surface area contributed by atoms with Gasteiger partial charge in [0.25, 0.3) is 0 Å². The van der Waals surface area contributed by atoms with Crippen molar-refractivity contribution in [2.45, 2.75) is 6.92 Å². The van der Waals surface area contributed by atoms with Crippen molar-refractivity contribution in [3.8, 4) is 0 Å². The fourth-order valence-corrected chi connectivity index (χ4v) is 1.35. The van der Waals surface area contributed by atoms with E-state index in [1.54, 1.807) is 19.1 Å². The normalized spacial score (nSPS) is 9.83. The highest BCUT2D eigenvalue weighted by atomic mass is 79.9. The molecule has 0 bridgehead atoms. The van der Waals surface area contributed by atoms with Crippen molar-refractivity contribution in [1.82, 2.24) is 0 Å². The molecule has 1 rings (SSSR count). The maximum atomic E-state index is 10.6. The third-order valence-corrected chi connectivity index (χ3v) is 2.36. The highest BCUT2D eigenvalue weighted by Crippen LogP contribution is 2.25. The van der Waals surface area contributed by atoms with Crippen LogP contribution in [0, 0.1) is 6.92 Å². The summed E-state index contributed by atoms with van der Waals surface area (Å²) in [6.45, 7) is 1.80. The fourth-order valence-electron chi connectivity index (χ4n) is 0.952. The Morgan fingerprint density at radius 1 is 1.58 bits per heavy atom. The van der Waals surface area contributed by atoms with Gasteiger partial charge in [-0.2, -0.15) is 0 Å². The first-order valence-electron chi connectivity index (χ1n) is 3.31. The van der Waals surface area contributed by atoms with E-state index in [0.717, 1.165) is 5.56 Å². The zero-order chi connectivity index (χ0) is 9.30. The molecule has 0 aliphatic heterocycles. The molecular formula is C8H8BrNO2. The number of halogens is 1. The van der Waals surface area contributed by atoms with Crippen molar-refractivity contribution in [3.63, 3.8) is 0 Å². The fraction of sp³-hybridized carbons (Fsp3) is 0.125. The molecule has 4 heteroatoms. The van der Waals surface area contributed by atoms with Crippen molar-refractivity contribution in [1.29, 1.82) is 0 Å². The summed E-state index contributed by atoms with van der Waals surface area (Å²) in [5, 5.41) is 8.73. The molecule has 0 fully saturated rings. The molecule has 0 aromatic heterocycles. The third kappa shape index (κ3) is 1.58. The largest absolute Gasteiger partial charge is 0.478 e. The van der Waals surface area contributed by atoms with Gasteiger partial charge in [-0.05, 0) is 40.5 Å². The predicted molar refractivity (Wildman–Crippen MR) is 50.3 cm³/mol. The minimum Gasteiger partial charge on any atom is -0.478 e. The van der Waals surface area contributed by atoms with Crippen LogP contribution in [0.5, 0.6) is 0 Å². The number of hydrogen-bond acceptors (Lipinski definition) is 2. The summed E-state index contributed by atoms with van der Waals surface area (Å²) < 4.78 is 0.445. The first-order chi connectivity index (χ1) is 5.52. The van der Waals surface area contributed by atoms with Crippen molar-refractivity contribution < 1.29 is 9.90 Å². The van der Waals surface area contributed by atoms with Gasteiger partial charge >= 0.3 is 5.97 Å². The summed E-state index contributed by atoms with van der Waals surface area (Å²) in [5.74, 6) is -0.975. The van der Waals surface area contributed by atoms with E-state index in [0.29, 0.717) is 10.2 Å². The Morgan fingerprint density at radius 2 is 2.17 bits per heavy atom. The summed E-state index contributed by atoms with van der Waals surface area (Å²) in [6.07, 6.45) is 0. The summed E-state index contributed by atoms with van der Waals surface area (Å²) in [6, 6.07) is 3.29. The number of carboxylic acid groups (broad SMARTS) is 1. The smallest absolute Gasteiger partial charge is 0.336 e. The Balaban J connectivity index is 3.37. The molecule has 0 atom stereocenters. The van der Waals surface area contributed by atoms with Crippen LogP contribution >= 0.6 is 15.9 Å². The second-order valence-corrected chi connectivity index (χ2v) is 3.31. The van der Waals surface area contributed by atoms with Crippen molar-refractivity contribution in [3.05, 3.63) is 27.7 Å². The van der Waals surface area contributed by atoms with E-state index in [9.17, 15) is 4.79 Å². The molecule has 12 heavy (non-hydrogen) atoms. The van der Waals surface area contributed by atoms with Crippen LogP contribution in [0.15, 0.2) is 16.6 Å². The van der Waals surface area contributed by atoms with E-state index < -0.39 is 5.97 Å². The van der Waals surface area contributed by atoms with Gasteiger partial charge in [-0.15, -0.1) is 0 Å². The minimum atomic E-state index is -0.975. The van der Waals surface area contributed by atoms with Gasteiger partial charge < -0.3 is 10.8 Å². The summed E-state index contributed by atoms with van der Waals surface area (Å²) >= 11 is 3.11. The first kappa shape index (κ1) is 9.06. The molecule has 0 unspecified atom stereocenters. The van der Waals surface area contributed by atoms with E-state index in [1.807, 2.05) is 0 Å². The molecule has 0 radical (unpaired) electrons. The Morgan fingerprint density at radius 3 is 2.67 bits per heavy atom. The van der Waals surface area contributed by atoms with Gasteiger partial charge in [0.05, 0.1) is 10.0 Å². The standard InChI is InChI=1S/C8H8BrNO2/c1-4-2-5(8(11)12)7(9)6(10)3-4/h2-3H,10H2,1H3,(H,11,12). The van der Waals surface area contributed by atoms with Gasteiger partial charge in [-0.3, -0.25) is 0 Å². The predicted octanol–water partition coefficient (Wildman–Crippen LogP) is 2.04. The molecule has 0 saturated carbocycles. The van der Waals surface area contributed by atoms with Gasteiger partial charge in [0, 0.05) is 5.69 Å². The number of anilines is 1. The van der Waals surface area contributed by atoms with Crippen molar-refractivity contribution in [2.24, 2.45) is 0 Å². The maximum Gasteiger partial charge on any atom is 0.336 e. The molecule has 1 aromatic rings. The summed E-state index contributed by atoms with van der Waals surface area (Å²) in [5.41, 5.74) is 7.04. The SMILES string of the molecule is Cc1cc(N)c(Br)c(C(=O)O)c1. The Hall–Kier alpha value is -1.03. The van der Waals surface area contributed by atoms with Crippen LogP contribution in [-0.2, 0) is 0 Å². The van der Waals surface area contributed by atoms with Crippen LogP contribution in [0.3, 0.4) is 0 Å². The van der Waals surface area contributed by atoms with Crippen LogP contribution < -0.4 is 5.73 Å². The number of aryl methyl sites for hydroxylation is 1. The monoisotopic (exact) mass is 229 g/mol. The lowest BCUT2D eigenvalue weighted by molar-refractivity contribution is 0.0696. The maximum absolute atomic E-state index is 10.6. The second kappa shape index (κ2) is 3.15. The molecular weight excluding hydrogens is 222 g/mol. The Kier molecular flexibility index (Phi) is 2.38. The Labute approximate surface area is 78.3 Å². The topological polar surface area (TPSA) is 63.3 Å². The molecule has 0 amide bonds. The first-order valence-corrected chi connectivity index (χ1v) is 4.10. The van der Waals surface area contributed by atoms with Gasteiger partial charge in [0.2, 0.25) is 0 Å². The molecule has 0 aliphatic carbocycles. The van der Waals surface area contributed by atoms with Crippen LogP contribution in [0.1, 0.15) is 15.9 Å². The quantitative estimate of drug-likeness (QED) is 0.725. The summed E-state index contributed by atoms with van der Waals surface area (Å²) in [7, 11) is 0. The van der Waals surface area contributed by atoms with Crippen LogP contribution in [-0.4, -0.2) is 11.1 Å².